The average Bonchev–Trinajstić information content (AvgIpc) is 3.07. The lowest BCUT2D eigenvalue weighted by molar-refractivity contribution is 0.262. The highest BCUT2D eigenvalue weighted by atomic mass is 35.5. The lowest BCUT2D eigenvalue weighted by atomic mass is 10.3. The Morgan fingerprint density at radius 1 is 1.08 bits per heavy atom. The molecule has 1 aromatic heterocycles. The first-order chi connectivity index (χ1) is 12.4. The van der Waals surface area contributed by atoms with Crippen LogP contribution in [0.2, 0.25) is 5.02 Å². The second kappa shape index (κ2) is 7.73. The fourth-order valence-corrected chi connectivity index (χ4v) is 3.85. The van der Waals surface area contributed by atoms with E-state index in [-0.39, 0.29) is 10.0 Å². The van der Waals surface area contributed by atoms with E-state index in [4.69, 9.17) is 11.6 Å². The Labute approximate surface area is 159 Å². The Bertz CT molecular complexity index is 1010. The number of anilines is 2. The molecule has 10 heteroatoms. The summed E-state index contributed by atoms with van der Waals surface area (Å²) < 4.78 is 28.0. The van der Waals surface area contributed by atoms with Crippen molar-refractivity contribution in [3.63, 3.8) is 0 Å². The van der Waals surface area contributed by atoms with Gasteiger partial charge in [0.05, 0.1) is 4.90 Å². The second-order valence-corrected chi connectivity index (χ2v) is 7.91. The third-order valence-electron chi connectivity index (χ3n) is 3.11. The normalized spacial score (nSPS) is 11.0. The molecule has 3 rings (SSSR count). The number of rotatable bonds is 5. The highest BCUT2D eigenvalue weighted by Crippen LogP contribution is 2.29. The van der Waals surface area contributed by atoms with E-state index >= 15 is 0 Å². The van der Waals surface area contributed by atoms with Crippen LogP contribution in [0.4, 0.5) is 21.3 Å². The quantitative estimate of drug-likeness (QED) is 0.631. The number of amides is 2. The Morgan fingerprint density at radius 3 is 2.46 bits per heavy atom. The Kier molecular flexibility index (Phi) is 5.40. The first-order valence-electron chi connectivity index (χ1n) is 7.23. The van der Waals surface area contributed by atoms with Gasteiger partial charge in [0.2, 0.25) is 10.0 Å². The highest BCUT2D eigenvalue weighted by Gasteiger charge is 2.11. The molecule has 0 aliphatic carbocycles. The Morgan fingerprint density at radius 2 is 1.81 bits per heavy atom. The zero-order valence-corrected chi connectivity index (χ0v) is 15.5. The molecule has 0 bridgehead atoms. The molecule has 26 heavy (non-hydrogen) atoms. The summed E-state index contributed by atoms with van der Waals surface area (Å²) in [6, 6.07) is 11.9. The van der Waals surface area contributed by atoms with E-state index in [2.05, 4.69) is 20.3 Å². The molecule has 0 fully saturated rings. The van der Waals surface area contributed by atoms with Gasteiger partial charge in [-0.15, -0.1) is 0 Å². The average molecular weight is 408 g/mol. The van der Waals surface area contributed by atoms with Crippen LogP contribution in [0.15, 0.2) is 65.0 Å². The molecule has 0 aliphatic heterocycles. The summed E-state index contributed by atoms with van der Waals surface area (Å²) in [5.74, 6) is 0. The monoisotopic (exact) mass is 407 g/mol. The minimum Gasteiger partial charge on any atom is -0.433 e. The number of hydrogen-bond donors (Lipinski definition) is 2. The van der Waals surface area contributed by atoms with Crippen LogP contribution in [0.3, 0.4) is 0 Å². The van der Waals surface area contributed by atoms with Crippen LogP contribution in [-0.2, 0) is 10.0 Å². The van der Waals surface area contributed by atoms with E-state index in [1.807, 2.05) is 0 Å². The van der Waals surface area contributed by atoms with Crippen LogP contribution >= 0.6 is 22.9 Å². The summed E-state index contributed by atoms with van der Waals surface area (Å²) in [5, 5.41) is 7.53. The topological polar surface area (TPSA) is 102 Å². The Balaban J connectivity index is 1.64. The number of thiazole rings is 1. The summed E-state index contributed by atoms with van der Waals surface area (Å²) in [6.45, 7) is 0. The summed E-state index contributed by atoms with van der Waals surface area (Å²) in [4.78, 5) is 15.8. The van der Waals surface area contributed by atoms with Gasteiger partial charge >= 0.3 is 6.03 Å². The van der Waals surface area contributed by atoms with E-state index in [1.165, 1.54) is 30.5 Å². The molecule has 0 spiro atoms. The SMILES string of the molecule is O=C(Nc1ccc(S(=O)(=O)[N-]c2nccs2)cc1)Nc1cccc(Cl)c1. The van der Waals surface area contributed by atoms with Gasteiger partial charge in [-0.25, -0.2) is 13.2 Å². The molecule has 0 saturated carbocycles. The van der Waals surface area contributed by atoms with Crippen molar-refractivity contribution in [3.05, 3.63) is 69.9 Å². The molecule has 134 valence electrons. The van der Waals surface area contributed by atoms with Crippen molar-refractivity contribution in [3.8, 4) is 0 Å². The van der Waals surface area contributed by atoms with Gasteiger partial charge in [-0.3, -0.25) is 0 Å². The van der Waals surface area contributed by atoms with Crippen LogP contribution in [0, 0.1) is 0 Å². The third kappa shape index (κ3) is 4.72. The van der Waals surface area contributed by atoms with Crippen LogP contribution in [0.1, 0.15) is 0 Å². The van der Waals surface area contributed by atoms with Crippen molar-refractivity contribution in [2.75, 3.05) is 10.6 Å². The van der Waals surface area contributed by atoms with Crippen molar-refractivity contribution in [1.29, 1.82) is 0 Å². The van der Waals surface area contributed by atoms with Crippen LogP contribution < -0.4 is 10.6 Å². The van der Waals surface area contributed by atoms with Gasteiger partial charge in [-0.1, -0.05) is 23.9 Å². The molecule has 0 radical (unpaired) electrons. The van der Waals surface area contributed by atoms with Crippen molar-refractivity contribution in [1.82, 2.24) is 4.98 Å². The number of nitrogens with zero attached hydrogens (tertiary/aromatic N) is 2. The van der Waals surface area contributed by atoms with E-state index in [9.17, 15) is 13.2 Å². The van der Waals surface area contributed by atoms with E-state index in [0.29, 0.717) is 16.4 Å². The highest BCUT2D eigenvalue weighted by molar-refractivity contribution is 7.94. The van der Waals surface area contributed by atoms with Gasteiger partial charge in [-0.2, -0.15) is 11.3 Å². The third-order valence-corrected chi connectivity index (χ3v) is 5.41. The smallest absolute Gasteiger partial charge is 0.323 e. The van der Waals surface area contributed by atoms with Gasteiger partial charge < -0.3 is 20.3 Å². The first-order valence-corrected chi connectivity index (χ1v) is 9.93. The predicted molar refractivity (Wildman–Crippen MR) is 103 cm³/mol. The van der Waals surface area contributed by atoms with Gasteiger partial charge in [0.25, 0.3) is 0 Å². The van der Waals surface area contributed by atoms with Crippen LogP contribution in [0.5, 0.6) is 0 Å². The minimum atomic E-state index is -3.85. The molecule has 2 N–H and O–H groups in total. The molecule has 2 aromatic carbocycles. The molecule has 1 heterocycles. The van der Waals surface area contributed by atoms with Crippen LogP contribution in [0.25, 0.3) is 4.72 Å². The van der Waals surface area contributed by atoms with Crippen molar-refractivity contribution >= 4 is 55.5 Å². The standard InChI is InChI=1S/C16H13ClN4O3S2/c17-11-2-1-3-13(10-11)20-15(22)19-12-4-6-14(7-5-12)26(23,24)21-16-18-8-9-25-16/h1-10H,(H3,18,19,20,21,22)/p-1. The fourth-order valence-electron chi connectivity index (χ4n) is 1.99. The summed E-state index contributed by atoms with van der Waals surface area (Å²) >= 11 is 6.98. The lowest BCUT2D eigenvalue weighted by Gasteiger charge is -2.12. The molecular formula is C16H12ClN4O3S2-. The minimum absolute atomic E-state index is 0.00787. The van der Waals surface area contributed by atoms with Crippen molar-refractivity contribution in [2.24, 2.45) is 0 Å². The molecule has 7 nitrogen and oxygen atoms in total. The van der Waals surface area contributed by atoms with Gasteiger partial charge in [0, 0.05) is 21.5 Å². The number of halogens is 1. The number of carbonyl (C=O) groups excluding carboxylic acids is 1. The Hall–Kier alpha value is -2.62. The summed E-state index contributed by atoms with van der Waals surface area (Å²) in [5.41, 5.74) is 0.967. The maximum absolute atomic E-state index is 12.2. The molecule has 0 unspecified atom stereocenters. The molecular weight excluding hydrogens is 396 g/mol. The number of sulfonamides is 1. The van der Waals surface area contributed by atoms with E-state index < -0.39 is 16.1 Å². The number of benzene rings is 2. The number of hydrogen-bond acceptors (Lipinski definition) is 5. The van der Waals surface area contributed by atoms with Crippen molar-refractivity contribution in [2.45, 2.75) is 4.90 Å². The fraction of sp³-hybridized carbons (Fsp3) is 0. The zero-order valence-electron chi connectivity index (χ0n) is 13.1. The lowest BCUT2D eigenvalue weighted by Crippen LogP contribution is -2.19. The molecule has 0 saturated heterocycles. The molecule has 0 aliphatic rings. The molecule has 3 aromatic rings. The van der Waals surface area contributed by atoms with Crippen LogP contribution in [-0.4, -0.2) is 19.4 Å². The van der Waals surface area contributed by atoms with Gasteiger partial charge in [0.1, 0.15) is 0 Å². The van der Waals surface area contributed by atoms with Gasteiger partial charge in [-0.05, 0) is 47.8 Å². The number of aromatic nitrogens is 1. The summed E-state index contributed by atoms with van der Waals surface area (Å²) in [6.07, 6.45) is 1.48. The van der Waals surface area contributed by atoms with Gasteiger partial charge in [0.15, 0.2) is 0 Å². The first kappa shape index (κ1) is 18.2. The number of urea groups is 1. The van der Waals surface area contributed by atoms with E-state index in [1.54, 1.807) is 29.6 Å². The zero-order chi connectivity index (χ0) is 18.6. The molecule has 2 amide bonds. The maximum Gasteiger partial charge on any atom is 0.323 e. The van der Waals surface area contributed by atoms with E-state index in [0.717, 1.165) is 11.3 Å². The second-order valence-electron chi connectivity index (χ2n) is 4.99. The largest absolute Gasteiger partial charge is 0.433 e. The molecule has 0 atom stereocenters. The predicted octanol–water partition coefficient (Wildman–Crippen LogP) is 4.83. The number of carbonyl (C=O) groups is 1. The summed E-state index contributed by atoms with van der Waals surface area (Å²) in [7, 11) is -3.85. The maximum atomic E-state index is 12.2. The van der Waals surface area contributed by atoms with Crippen molar-refractivity contribution < 1.29 is 13.2 Å². The number of nitrogens with one attached hydrogen (secondary N) is 2.